The third-order valence-electron chi connectivity index (χ3n) is 11.9. The lowest BCUT2D eigenvalue weighted by Crippen LogP contribution is -2.17. The number of nitrogens with zero attached hydrogens (tertiary/aromatic N) is 2. The van der Waals surface area contributed by atoms with Crippen molar-refractivity contribution >= 4 is 49.6 Å². The van der Waals surface area contributed by atoms with Gasteiger partial charge < -0.3 is 9.47 Å². The maximum atomic E-state index is 2.52. The molecule has 1 aliphatic carbocycles. The third-order valence-corrected chi connectivity index (χ3v) is 11.9. The molecule has 0 aliphatic heterocycles. The fourth-order valence-electron chi connectivity index (χ4n) is 8.97. The van der Waals surface area contributed by atoms with E-state index < -0.39 is 0 Å². The summed E-state index contributed by atoms with van der Waals surface area (Å²) in [5, 5.41) is 5.12. The predicted molar refractivity (Wildman–Crippen MR) is 282 cm³/mol. The van der Waals surface area contributed by atoms with Gasteiger partial charge in [0.2, 0.25) is 0 Å². The van der Waals surface area contributed by atoms with Gasteiger partial charge in [0.15, 0.2) is 0 Å². The lowest BCUT2D eigenvalue weighted by Gasteiger charge is -2.28. The zero-order valence-electron chi connectivity index (χ0n) is 39.5. The molecule has 0 unspecified atom stereocenters. The number of hydrogen-bond acceptors (Lipinski definition) is 1. The van der Waals surface area contributed by atoms with Crippen molar-refractivity contribution in [2.75, 3.05) is 4.90 Å². The Morgan fingerprint density at radius 2 is 0.968 bits per heavy atom. The Kier molecular flexibility index (Phi) is 15.6. The van der Waals surface area contributed by atoms with E-state index in [-0.39, 0.29) is 12.8 Å². The molecule has 2 nitrogen and oxygen atoms in total. The minimum atomic E-state index is -0.235. The predicted octanol–water partition coefficient (Wildman–Crippen LogP) is 19.0. The molecule has 0 spiro atoms. The van der Waals surface area contributed by atoms with E-state index in [1.807, 2.05) is 55.4 Å². The zero-order chi connectivity index (χ0) is 44.7. The van der Waals surface area contributed by atoms with Crippen LogP contribution in [0.2, 0.25) is 0 Å². The molecule has 0 fully saturated rings. The van der Waals surface area contributed by atoms with E-state index >= 15 is 0 Å². The third kappa shape index (κ3) is 8.57. The van der Waals surface area contributed by atoms with Gasteiger partial charge in [-0.2, -0.15) is 0 Å². The van der Waals surface area contributed by atoms with Crippen molar-refractivity contribution < 1.29 is 0 Å². The molecule has 0 N–H and O–H groups in total. The standard InChI is InChI=1S/C52H42N2.4C2H6.CH4/c1-33-20-26-48-44(28-33)45-30-37(36-14-8-6-9-15-36)22-27-49(45)54(48)50-32-47-51(42-19-13-12-18-41(42)50)43-25-24-40(31-46(43)52(47,4)5)53(38-16-10-7-11-17-38)39-23-21-34(2)35(3)29-39;4*1-2;/h6-32H,1-5H3;4*1-2H3;1H4. The Bertz CT molecular complexity index is 2930. The van der Waals surface area contributed by atoms with Crippen molar-refractivity contribution in [3.8, 4) is 27.9 Å². The topological polar surface area (TPSA) is 8.17 Å². The van der Waals surface area contributed by atoms with Gasteiger partial charge in [0.25, 0.3) is 0 Å². The number of aromatic nitrogens is 1. The first kappa shape index (κ1) is 47.7. The largest absolute Gasteiger partial charge is 0.310 e. The van der Waals surface area contributed by atoms with Crippen LogP contribution < -0.4 is 4.90 Å². The van der Waals surface area contributed by atoms with E-state index in [9.17, 15) is 0 Å². The Morgan fingerprint density at radius 3 is 1.62 bits per heavy atom. The minimum absolute atomic E-state index is 0. The van der Waals surface area contributed by atoms with Crippen LogP contribution in [0.3, 0.4) is 0 Å². The molecule has 324 valence electrons. The molecule has 1 heterocycles. The highest BCUT2D eigenvalue weighted by Gasteiger charge is 2.38. The van der Waals surface area contributed by atoms with Gasteiger partial charge in [-0.15, -0.1) is 0 Å². The second-order valence-electron chi connectivity index (χ2n) is 15.6. The number of hydrogen-bond donors (Lipinski definition) is 0. The van der Waals surface area contributed by atoms with Crippen LogP contribution in [-0.4, -0.2) is 4.57 Å². The van der Waals surface area contributed by atoms with E-state index in [4.69, 9.17) is 0 Å². The fourth-order valence-corrected chi connectivity index (χ4v) is 8.97. The summed E-state index contributed by atoms with van der Waals surface area (Å²) in [4.78, 5) is 2.40. The zero-order valence-corrected chi connectivity index (χ0v) is 39.5. The normalized spacial score (nSPS) is 11.6. The van der Waals surface area contributed by atoms with Gasteiger partial charge >= 0.3 is 0 Å². The molecule has 0 saturated carbocycles. The first-order valence-corrected chi connectivity index (χ1v) is 23.0. The van der Waals surface area contributed by atoms with Crippen molar-refractivity contribution in [2.24, 2.45) is 0 Å². The van der Waals surface area contributed by atoms with E-state index in [0.717, 1.165) is 5.69 Å². The summed E-state index contributed by atoms with van der Waals surface area (Å²) < 4.78 is 2.52. The molecule has 9 aromatic rings. The summed E-state index contributed by atoms with van der Waals surface area (Å²) in [5.74, 6) is 0. The highest BCUT2D eigenvalue weighted by Crippen LogP contribution is 2.54. The van der Waals surface area contributed by atoms with Crippen molar-refractivity contribution in [3.05, 3.63) is 192 Å². The van der Waals surface area contributed by atoms with Crippen LogP contribution in [0, 0.1) is 20.8 Å². The van der Waals surface area contributed by atoms with Gasteiger partial charge in [0, 0.05) is 38.6 Å². The molecular weight excluding hydrogens is 761 g/mol. The summed E-state index contributed by atoms with van der Waals surface area (Å²) in [6.45, 7) is 27.4. The molecule has 0 saturated heterocycles. The maximum Gasteiger partial charge on any atom is 0.0544 e. The summed E-state index contributed by atoms with van der Waals surface area (Å²) in [5.41, 5.74) is 18.6. The number of fused-ring (bicyclic) bond motifs is 8. The Balaban J connectivity index is 0.000000789. The van der Waals surface area contributed by atoms with Crippen LogP contribution in [-0.2, 0) is 5.41 Å². The molecule has 0 atom stereocenters. The smallest absolute Gasteiger partial charge is 0.0544 e. The van der Waals surface area contributed by atoms with E-state index in [0.29, 0.717) is 0 Å². The lowest BCUT2D eigenvalue weighted by atomic mass is 9.81. The summed E-state index contributed by atoms with van der Waals surface area (Å²) in [7, 11) is 0. The molecule has 0 radical (unpaired) electrons. The van der Waals surface area contributed by atoms with Gasteiger partial charge in [-0.05, 0) is 137 Å². The molecule has 0 bridgehead atoms. The lowest BCUT2D eigenvalue weighted by molar-refractivity contribution is 0.660. The first-order valence-electron chi connectivity index (χ1n) is 23.0. The maximum absolute atomic E-state index is 2.52. The fraction of sp³-hybridized carbons (Fsp3) is 0.246. The van der Waals surface area contributed by atoms with Crippen LogP contribution in [0.4, 0.5) is 17.1 Å². The monoisotopic (exact) mass is 831 g/mol. The van der Waals surface area contributed by atoms with E-state index in [1.54, 1.807) is 0 Å². The molecule has 2 heteroatoms. The van der Waals surface area contributed by atoms with E-state index in [1.165, 1.54) is 99.7 Å². The van der Waals surface area contributed by atoms with Crippen molar-refractivity contribution in [2.45, 2.75) is 103 Å². The van der Waals surface area contributed by atoms with Crippen molar-refractivity contribution in [3.63, 3.8) is 0 Å². The highest BCUT2D eigenvalue weighted by molar-refractivity contribution is 6.13. The number of anilines is 3. The van der Waals surface area contributed by atoms with Crippen LogP contribution >= 0.6 is 0 Å². The number of para-hydroxylation sites is 1. The quantitative estimate of drug-likeness (QED) is 0.168. The van der Waals surface area contributed by atoms with Crippen LogP contribution in [0.25, 0.3) is 60.5 Å². The van der Waals surface area contributed by atoms with Gasteiger partial charge in [0.1, 0.15) is 0 Å². The van der Waals surface area contributed by atoms with Crippen LogP contribution in [0.5, 0.6) is 0 Å². The van der Waals surface area contributed by atoms with Gasteiger partial charge in [0.05, 0.1) is 16.7 Å². The average molecular weight is 831 g/mol. The molecule has 0 amide bonds. The van der Waals surface area contributed by atoms with Crippen molar-refractivity contribution in [1.82, 2.24) is 4.57 Å². The molecule has 1 aromatic heterocycles. The molecule has 10 rings (SSSR count). The second-order valence-corrected chi connectivity index (χ2v) is 15.6. The Morgan fingerprint density at radius 1 is 0.413 bits per heavy atom. The molecule has 8 aromatic carbocycles. The molecular formula is C61H70N2. The second kappa shape index (κ2) is 20.7. The average Bonchev–Trinajstić information content (AvgIpc) is 3.77. The minimum Gasteiger partial charge on any atom is -0.310 e. The first-order chi connectivity index (χ1) is 30.3. The van der Waals surface area contributed by atoms with Crippen LogP contribution in [0.1, 0.15) is 104 Å². The van der Waals surface area contributed by atoms with Crippen LogP contribution in [0.15, 0.2) is 164 Å². The van der Waals surface area contributed by atoms with Gasteiger partial charge in [-0.3, -0.25) is 0 Å². The molecule has 63 heavy (non-hydrogen) atoms. The number of benzene rings is 8. The summed E-state index contributed by atoms with van der Waals surface area (Å²) in [6.07, 6.45) is 0. The number of rotatable bonds is 5. The van der Waals surface area contributed by atoms with Crippen molar-refractivity contribution in [1.29, 1.82) is 0 Å². The van der Waals surface area contributed by atoms with Gasteiger partial charge in [-0.1, -0.05) is 179 Å². The highest BCUT2D eigenvalue weighted by atomic mass is 15.1. The summed E-state index contributed by atoms with van der Waals surface area (Å²) in [6, 6.07) is 60.8. The summed E-state index contributed by atoms with van der Waals surface area (Å²) >= 11 is 0. The Labute approximate surface area is 379 Å². The van der Waals surface area contributed by atoms with E-state index in [2.05, 4.69) is 208 Å². The molecule has 1 aliphatic rings. The SMILES string of the molecule is C.CC.CC.CC.CC.Cc1ccc2c(c1)c1cc(-c3ccccc3)ccc1n2-c1cc2c(c3ccccc13)-c1ccc(N(c3ccccc3)c3ccc(C)c(C)c3)cc1C2(C)C. The van der Waals surface area contributed by atoms with Gasteiger partial charge in [-0.25, -0.2) is 0 Å². The Hall–Kier alpha value is -6.38. The number of aryl methyl sites for hydroxylation is 3.